The predicted octanol–water partition coefficient (Wildman–Crippen LogP) is 2.27. The summed E-state index contributed by atoms with van der Waals surface area (Å²) in [5.41, 5.74) is 0. The van der Waals surface area contributed by atoms with Gasteiger partial charge in [0.1, 0.15) is 0 Å². The van der Waals surface area contributed by atoms with E-state index in [0.29, 0.717) is 12.1 Å². The number of nitrogens with one attached hydrogen (secondary N) is 1. The van der Waals surface area contributed by atoms with Crippen molar-refractivity contribution < 1.29 is 4.74 Å². The number of hydrogen-bond donors (Lipinski definition) is 1. The second kappa shape index (κ2) is 8.90. The van der Waals surface area contributed by atoms with E-state index in [1.807, 2.05) is 0 Å². The van der Waals surface area contributed by atoms with Gasteiger partial charge in [-0.1, -0.05) is 13.8 Å². The van der Waals surface area contributed by atoms with Crippen LogP contribution in [0.25, 0.3) is 0 Å². The first-order valence-electron chi connectivity index (χ1n) is 7.34. The Hall–Kier alpha value is -0.120. The molecule has 0 spiro atoms. The summed E-state index contributed by atoms with van der Waals surface area (Å²) in [7, 11) is 0. The van der Waals surface area contributed by atoms with Crippen molar-refractivity contribution in [1.82, 2.24) is 10.2 Å². The maximum Gasteiger partial charge on any atom is 0.0702 e. The molecule has 0 saturated carbocycles. The van der Waals surface area contributed by atoms with Crippen LogP contribution >= 0.6 is 0 Å². The van der Waals surface area contributed by atoms with Crippen molar-refractivity contribution in [3.63, 3.8) is 0 Å². The molecule has 1 heterocycles. The second-order valence-electron chi connectivity index (χ2n) is 5.11. The van der Waals surface area contributed by atoms with Gasteiger partial charge in [0, 0.05) is 19.2 Å². The number of ether oxygens (including phenoxy) is 1. The van der Waals surface area contributed by atoms with Gasteiger partial charge in [-0.25, -0.2) is 0 Å². The lowest BCUT2D eigenvalue weighted by Gasteiger charge is -2.30. The van der Waals surface area contributed by atoms with Crippen molar-refractivity contribution >= 4 is 0 Å². The van der Waals surface area contributed by atoms with Gasteiger partial charge in [-0.05, 0) is 52.2 Å². The van der Waals surface area contributed by atoms with Crippen LogP contribution in [0.15, 0.2) is 0 Å². The molecule has 2 atom stereocenters. The van der Waals surface area contributed by atoms with Crippen LogP contribution in [-0.2, 0) is 4.74 Å². The van der Waals surface area contributed by atoms with Crippen LogP contribution in [0.4, 0.5) is 0 Å². The highest BCUT2D eigenvalue weighted by Gasteiger charge is 2.21. The molecule has 1 saturated heterocycles. The minimum absolute atomic E-state index is 0.487. The van der Waals surface area contributed by atoms with Crippen LogP contribution in [0.1, 0.15) is 46.5 Å². The number of nitrogens with zero attached hydrogens (tertiary/aromatic N) is 1. The summed E-state index contributed by atoms with van der Waals surface area (Å²) in [6.45, 7) is 12.3. The van der Waals surface area contributed by atoms with E-state index in [-0.39, 0.29) is 0 Å². The van der Waals surface area contributed by atoms with Crippen LogP contribution in [0, 0.1) is 0 Å². The third-order valence-corrected chi connectivity index (χ3v) is 3.66. The molecule has 2 unspecified atom stereocenters. The molecular formula is C14H30N2O. The molecule has 0 aromatic rings. The highest BCUT2D eigenvalue weighted by atomic mass is 16.5. The zero-order valence-electron chi connectivity index (χ0n) is 11.9. The third kappa shape index (κ3) is 5.84. The van der Waals surface area contributed by atoms with E-state index in [1.165, 1.54) is 25.7 Å². The standard InChI is InChI=1S/C14H30N2O/c1-4-9-15-10-8-13(3)16(5-2)12-14-7-6-11-17-14/h13-15H,4-12H2,1-3H3. The molecule has 3 nitrogen and oxygen atoms in total. The van der Waals surface area contributed by atoms with E-state index >= 15 is 0 Å². The molecule has 1 aliphatic rings. The fourth-order valence-electron chi connectivity index (χ4n) is 2.47. The average Bonchev–Trinajstić information content (AvgIpc) is 2.84. The van der Waals surface area contributed by atoms with Crippen molar-refractivity contribution in [2.75, 3.05) is 32.8 Å². The molecule has 3 heteroatoms. The minimum Gasteiger partial charge on any atom is -0.377 e. The molecule has 17 heavy (non-hydrogen) atoms. The quantitative estimate of drug-likeness (QED) is 0.628. The predicted molar refractivity (Wildman–Crippen MR) is 73.5 cm³/mol. The van der Waals surface area contributed by atoms with Gasteiger partial charge in [0.15, 0.2) is 0 Å². The van der Waals surface area contributed by atoms with Crippen LogP contribution in [0.5, 0.6) is 0 Å². The smallest absolute Gasteiger partial charge is 0.0702 e. The first-order chi connectivity index (χ1) is 8.27. The van der Waals surface area contributed by atoms with Gasteiger partial charge in [0.05, 0.1) is 6.10 Å². The van der Waals surface area contributed by atoms with Crippen LogP contribution in [0.2, 0.25) is 0 Å². The van der Waals surface area contributed by atoms with Crippen molar-refractivity contribution in [3.05, 3.63) is 0 Å². The van der Waals surface area contributed by atoms with Crippen LogP contribution < -0.4 is 5.32 Å². The Kier molecular flexibility index (Phi) is 7.82. The molecule has 102 valence electrons. The summed E-state index contributed by atoms with van der Waals surface area (Å²) in [5, 5.41) is 3.48. The molecule has 0 amide bonds. The van der Waals surface area contributed by atoms with E-state index in [0.717, 1.165) is 32.8 Å². The van der Waals surface area contributed by atoms with E-state index in [9.17, 15) is 0 Å². The SMILES string of the molecule is CCCNCCC(C)N(CC)CC1CCCO1. The lowest BCUT2D eigenvalue weighted by molar-refractivity contribution is 0.0605. The highest BCUT2D eigenvalue weighted by Crippen LogP contribution is 2.15. The summed E-state index contributed by atoms with van der Waals surface area (Å²) in [6, 6.07) is 0.661. The summed E-state index contributed by atoms with van der Waals surface area (Å²) in [4.78, 5) is 2.56. The van der Waals surface area contributed by atoms with Gasteiger partial charge in [0.25, 0.3) is 0 Å². The fourth-order valence-corrected chi connectivity index (χ4v) is 2.47. The first kappa shape index (κ1) is 14.9. The largest absolute Gasteiger partial charge is 0.377 e. The number of rotatable bonds is 9. The second-order valence-corrected chi connectivity index (χ2v) is 5.11. The Labute approximate surface area is 107 Å². The summed E-state index contributed by atoms with van der Waals surface area (Å²) in [5.74, 6) is 0. The lowest BCUT2D eigenvalue weighted by atomic mass is 10.1. The Morgan fingerprint density at radius 2 is 2.18 bits per heavy atom. The van der Waals surface area contributed by atoms with Gasteiger partial charge >= 0.3 is 0 Å². The Bertz CT molecular complexity index is 181. The number of hydrogen-bond acceptors (Lipinski definition) is 3. The molecule has 1 fully saturated rings. The first-order valence-corrected chi connectivity index (χ1v) is 7.34. The molecule has 0 aromatic carbocycles. The molecule has 1 aliphatic heterocycles. The Morgan fingerprint density at radius 3 is 2.76 bits per heavy atom. The van der Waals surface area contributed by atoms with Crippen molar-refractivity contribution in [2.24, 2.45) is 0 Å². The van der Waals surface area contributed by atoms with E-state index < -0.39 is 0 Å². The maximum absolute atomic E-state index is 5.72. The third-order valence-electron chi connectivity index (χ3n) is 3.66. The summed E-state index contributed by atoms with van der Waals surface area (Å²) in [6.07, 6.45) is 5.44. The maximum atomic E-state index is 5.72. The van der Waals surface area contributed by atoms with E-state index in [2.05, 4.69) is 31.0 Å². The Balaban J connectivity index is 2.17. The summed E-state index contributed by atoms with van der Waals surface area (Å²) < 4.78 is 5.72. The number of likely N-dealkylation sites (N-methyl/N-ethyl adjacent to an activating group) is 1. The Morgan fingerprint density at radius 1 is 1.35 bits per heavy atom. The topological polar surface area (TPSA) is 24.5 Å². The molecule has 1 rings (SSSR count). The van der Waals surface area contributed by atoms with E-state index in [1.54, 1.807) is 0 Å². The highest BCUT2D eigenvalue weighted by molar-refractivity contribution is 4.74. The minimum atomic E-state index is 0.487. The fraction of sp³-hybridized carbons (Fsp3) is 1.00. The molecule has 0 bridgehead atoms. The summed E-state index contributed by atoms with van der Waals surface area (Å²) >= 11 is 0. The van der Waals surface area contributed by atoms with Gasteiger partial charge in [-0.2, -0.15) is 0 Å². The monoisotopic (exact) mass is 242 g/mol. The van der Waals surface area contributed by atoms with Crippen molar-refractivity contribution in [2.45, 2.75) is 58.6 Å². The lowest BCUT2D eigenvalue weighted by Crippen LogP contribution is -2.40. The molecule has 0 aliphatic carbocycles. The van der Waals surface area contributed by atoms with Crippen LogP contribution in [-0.4, -0.2) is 49.8 Å². The van der Waals surface area contributed by atoms with Crippen molar-refractivity contribution in [1.29, 1.82) is 0 Å². The van der Waals surface area contributed by atoms with E-state index in [4.69, 9.17) is 4.74 Å². The van der Waals surface area contributed by atoms with Gasteiger partial charge in [-0.15, -0.1) is 0 Å². The molecule has 0 aromatic heterocycles. The van der Waals surface area contributed by atoms with Gasteiger partial charge in [0.2, 0.25) is 0 Å². The van der Waals surface area contributed by atoms with Crippen LogP contribution in [0.3, 0.4) is 0 Å². The molecular weight excluding hydrogens is 212 g/mol. The zero-order valence-corrected chi connectivity index (χ0v) is 11.9. The normalized spacial score (nSPS) is 22.2. The van der Waals surface area contributed by atoms with Gasteiger partial charge in [-0.3, -0.25) is 4.90 Å². The zero-order chi connectivity index (χ0) is 12.5. The average molecular weight is 242 g/mol. The van der Waals surface area contributed by atoms with Crippen molar-refractivity contribution in [3.8, 4) is 0 Å². The molecule has 1 N–H and O–H groups in total. The van der Waals surface area contributed by atoms with Gasteiger partial charge < -0.3 is 10.1 Å². The molecule has 0 radical (unpaired) electrons.